The third kappa shape index (κ3) is 5.93. The zero-order chi connectivity index (χ0) is 18.1. The summed E-state index contributed by atoms with van der Waals surface area (Å²) in [6.45, 7) is 4.50. The first-order chi connectivity index (χ1) is 12.1. The molecule has 0 aromatic heterocycles. The average Bonchev–Trinajstić information content (AvgIpc) is 2.62. The van der Waals surface area contributed by atoms with Crippen LogP contribution in [0, 0.1) is 17.2 Å². The molecule has 0 saturated heterocycles. The van der Waals surface area contributed by atoms with E-state index in [2.05, 4.69) is 42.7 Å². The molecule has 0 fully saturated rings. The lowest BCUT2D eigenvalue weighted by Crippen LogP contribution is -2.33. The minimum absolute atomic E-state index is 0.0911. The van der Waals surface area contributed by atoms with Gasteiger partial charge in [0, 0.05) is 10.9 Å². The third-order valence-corrected chi connectivity index (χ3v) is 4.70. The molecular formula is C20H23N3OS. The number of hydrogen-bond donors (Lipinski definition) is 2. The zero-order valence-electron chi connectivity index (χ0n) is 14.5. The Morgan fingerprint density at radius 3 is 2.48 bits per heavy atom. The Hall–Kier alpha value is -2.29. The molecule has 0 spiro atoms. The second-order valence-electron chi connectivity index (χ2n) is 6.00. The largest absolute Gasteiger partial charge is 0.324 e. The maximum Gasteiger partial charge on any atom is 0.238 e. The van der Waals surface area contributed by atoms with Crippen molar-refractivity contribution in [1.29, 1.82) is 5.26 Å². The molecule has 25 heavy (non-hydrogen) atoms. The Kier molecular flexibility index (Phi) is 7.52. The smallest absolute Gasteiger partial charge is 0.238 e. The van der Waals surface area contributed by atoms with Crippen LogP contribution in [0.3, 0.4) is 0 Å². The van der Waals surface area contributed by atoms with E-state index in [9.17, 15) is 4.79 Å². The molecule has 0 aliphatic heterocycles. The van der Waals surface area contributed by atoms with Crippen molar-refractivity contribution in [2.75, 3.05) is 17.6 Å². The fraction of sp³-hybridized carbons (Fsp3) is 0.300. The Labute approximate surface area is 153 Å². The van der Waals surface area contributed by atoms with Crippen molar-refractivity contribution in [3.8, 4) is 6.07 Å². The third-order valence-electron chi connectivity index (χ3n) is 3.76. The van der Waals surface area contributed by atoms with E-state index >= 15 is 0 Å². The Balaban J connectivity index is 1.97. The van der Waals surface area contributed by atoms with E-state index < -0.39 is 0 Å². The number of rotatable bonds is 8. The molecule has 0 radical (unpaired) electrons. The van der Waals surface area contributed by atoms with Crippen LogP contribution in [0.1, 0.15) is 25.5 Å². The number of amides is 1. The van der Waals surface area contributed by atoms with Crippen molar-refractivity contribution >= 4 is 23.4 Å². The van der Waals surface area contributed by atoms with Gasteiger partial charge in [-0.05, 0) is 23.6 Å². The summed E-state index contributed by atoms with van der Waals surface area (Å²) >= 11 is 1.42. The van der Waals surface area contributed by atoms with Gasteiger partial charge in [-0.3, -0.25) is 4.79 Å². The van der Waals surface area contributed by atoms with Crippen molar-refractivity contribution in [2.24, 2.45) is 5.92 Å². The first-order valence-electron chi connectivity index (χ1n) is 8.28. The van der Waals surface area contributed by atoms with Gasteiger partial charge in [0.25, 0.3) is 0 Å². The van der Waals surface area contributed by atoms with Gasteiger partial charge in [-0.15, -0.1) is 11.8 Å². The molecule has 0 aliphatic rings. The van der Waals surface area contributed by atoms with Gasteiger partial charge in [-0.1, -0.05) is 56.3 Å². The zero-order valence-corrected chi connectivity index (χ0v) is 15.3. The fourth-order valence-electron chi connectivity index (χ4n) is 2.60. The molecule has 2 aromatic rings. The van der Waals surface area contributed by atoms with E-state index in [1.165, 1.54) is 17.3 Å². The summed E-state index contributed by atoms with van der Waals surface area (Å²) in [6.07, 6.45) is 0. The number of hydrogen-bond acceptors (Lipinski definition) is 4. The van der Waals surface area contributed by atoms with E-state index in [4.69, 9.17) is 5.26 Å². The molecule has 2 N–H and O–H groups in total. The second-order valence-corrected chi connectivity index (χ2v) is 7.02. The molecule has 0 saturated carbocycles. The van der Waals surface area contributed by atoms with Crippen molar-refractivity contribution in [3.05, 3.63) is 60.2 Å². The lowest BCUT2D eigenvalue weighted by molar-refractivity contribution is -0.115. The molecule has 130 valence electrons. The fourth-order valence-corrected chi connectivity index (χ4v) is 3.27. The van der Waals surface area contributed by atoms with Gasteiger partial charge in [0.1, 0.15) is 0 Å². The number of carbonyl (C=O) groups is 1. The summed E-state index contributed by atoms with van der Waals surface area (Å²) in [4.78, 5) is 13.3. The summed E-state index contributed by atoms with van der Waals surface area (Å²) in [5, 5.41) is 15.0. The van der Waals surface area contributed by atoms with Crippen LogP contribution in [0.5, 0.6) is 0 Å². The number of thioether (sulfide) groups is 1. The first kappa shape index (κ1) is 19.0. The SMILES string of the molecule is CC(C)[C@H](NCC(=O)Nc1ccccc1SCC#N)c1ccccc1. The molecule has 0 heterocycles. The maximum atomic E-state index is 12.3. The lowest BCUT2D eigenvalue weighted by atomic mass is 9.96. The predicted octanol–water partition coefficient (Wildman–Crippen LogP) is 4.23. The first-order valence-corrected chi connectivity index (χ1v) is 9.27. The Morgan fingerprint density at radius 2 is 1.80 bits per heavy atom. The molecule has 1 amide bonds. The van der Waals surface area contributed by atoms with Crippen LogP contribution in [-0.4, -0.2) is 18.2 Å². The van der Waals surface area contributed by atoms with Crippen molar-refractivity contribution < 1.29 is 4.79 Å². The van der Waals surface area contributed by atoms with Gasteiger partial charge in [0.2, 0.25) is 5.91 Å². The van der Waals surface area contributed by atoms with E-state index in [-0.39, 0.29) is 18.5 Å². The highest BCUT2D eigenvalue weighted by Gasteiger charge is 2.16. The van der Waals surface area contributed by atoms with Gasteiger partial charge >= 0.3 is 0 Å². The summed E-state index contributed by atoms with van der Waals surface area (Å²) in [7, 11) is 0. The van der Waals surface area contributed by atoms with E-state index in [1.807, 2.05) is 42.5 Å². The number of nitrogens with zero attached hydrogens (tertiary/aromatic N) is 1. The van der Waals surface area contributed by atoms with Gasteiger partial charge in [0.15, 0.2) is 0 Å². The highest BCUT2D eigenvalue weighted by Crippen LogP contribution is 2.26. The van der Waals surface area contributed by atoms with Gasteiger partial charge in [-0.25, -0.2) is 0 Å². The topological polar surface area (TPSA) is 64.9 Å². The van der Waals surface area contributed by atoms with Crippen LogP contribution in [-0.2, 0) is 4.79 Å². The molecule has 1 atom stereocenters. The lowest BCUT2D eigenvalue weighted by Gasteiger charge is -2.23. The minimum Gasteiger partial charge on any atom is -0.324 e. The van der Waals surface area contributed by atoms with Crippen LogP contribution >= 0.6 is 11.8 Å². The number of nitriles is 1. The predicted molar refractivity (Wildman–Crippen MR) is 103 cm³/mol. The molecule has 0 aliphatic carbocycles. The van der Waals surface area contributed by atoms with Crippen LogP contribution in [0.25, 0.3) is 0 Å². The van der Waals surface area contributed by atoms with E-state index in [1.54, 1.807) is 0 Å². The summed E-state index contributed by atoms with van der Waals surface area (Å²) in [5.41, 5.74) is 1.92. The second kappa shape index (κ2) is 9.87. The van der Waals surface area contributed by atoms with Crippen LogP contribution in [0.4, 0.5) is 5.69 Å². The Morgan fingerprint density at radius 1 is 1.12 bits per heavy atom. The normalized spacial score (nSPS) is 11.8. The minimum atomic E-state index is -0.0911. The van der Waals surface area contributed by atoms with Gasteiger partial charge in [-0.2, -0.15) is 5.26 Å². The summed E-state index contributed by atoms with van der Waals surface area (Å²) in [6, 6.07) is 19.9. The quantitative estimate of drug-likeness (QED) is 0.697. The summed E-state index contributed by atoms with van der Waals surface area (Å²) in [5.74, 6) is 0.634. The number of nitrogens with one attached hydrogen (secondary N) is 2. The average molecular weight is 353 g/mol. The highest BCUT2D eigenvalue weighted by molar-refractivity contribution is 7.99. The maximum absolute atomic E-state index is 12.3. The standard InChI is InChI=1S/C20H23N3OS/c1-15(2)20(16-8-4-3-5-9-16)22-14-19(24)23-17-10-6-7-11-18(17)25-13-12-21/h3-11,15,20,22H,13-14H2,1-2H3,(H,23,24)/t20-/m0/s1. The molecule has 4 nitrogen and oxygen atoms in total. The number of para-hydroxylation sites is 1. The number of carbonyl (C=O) groups excluding carboxylic acids is 1. The van der Waals surface area contributed by atoms with Crippen molar-refractivity contribution in [2.45, 2.75) is 24.8 Å². The van der Waals surface area contributed by atoms with Gasteiger partial charge < -0.3 is 10.6 Å². The molecule has 0 unspecified atom stereocenters. The van der Waals surface area contributed by atoms with Crippen molar-refractivity contribution in [1.82, 2.24) is 5.32 Å². The molecule has 0 bridgehead atoms. The molecule has 2 aromatic carbocycles. The number of anilines is 1. The highest BCUT2D eigenvalue weighted by atomic mass is 32.2. The van der Waals surface area contributed by atoms with Crippen LogP contribution in [0.2, 0.25) is 0 Å². The molecule has 5 heteroatoms. The van der Waals surface area contributed by atoms with Crippen LogP contribution < -0.4 is 10.6 Å². The van der Waals surface area contributed by atoms with Crippen molar-refractivity contribution in [3.63, 3.8) is 0 Å². The monoisotopic (exact) mass is 353 g/mol. The molecule has 2 rings (SSSR count). The van der Waals surface area contributed by atoms with E-state index in [0.717, 1.165) is 10.6 Å². The van der Waals surface area contributed by atoms with Crippen LogP contribution in [0.15, 0.2) is 59.5 Å². The Bertz CT molecular complexity index is 725. The molecular weight excluding hydrogens is 330 g/mol. The number of benzene rings is 2. The van der Waals surface area contributed by atoms with E-state index in [0.29, 0.717) is 11.7 Å². The van der Waals surface area contributed by atoms with Gasteiger partial charge in [0.05, 0.1) is 24.1 Å². The summed E-state index contributed by atoms with van der Waals surface area (Å²) < 4.78 is 0.